The number of ketones is 1. The molecule has 1 saturated heterocycles. The highest BCUT2D eigenvalue weighted by Crippen LogP contribution is 2.10. The molecule has 15 heavy (non-hydrogen) atoms. The number of allylic oxidation sites excluding steroid dienone is 1. The fraction of sp³-hybridized carbons (Fsp3) is 0.545. The molecule has 0 radical (unpaired) electrons. The summed E-state index contributed by atoms with van der Waals surface area (Å²) >= 11 is 0. The van der Waals surface area contributed by atoms with Crippen molar-refractivity contribution in [2.75, 3.05) is 0 Å². The molecular formula is C11H15NO3. The summed E-state index contributed by atoms with van der Waals surface area (Å²) in [4.78, 5) is 33.4. The van der Waals surface area contributed by atoms with Crippen molar-refractivity contribution in [3.8, 4) is 0 Å². The minimum atomic E-state index is -0.548. The zero-order valence-corrected chi connectivity index (χ0v) is 8.84. The van der Waals surface area contributed by atoms with Crippen molar-refractivity contribution in [2.45, 2.75) is 39.0 Å². The molecule has 1 aliphatic rings. The Morgan fingerprint density at radius 3 is 2.60 bits per heavy atom. The van der Waals surface area contributed by atoms with Gasteiger partial charge in [-0.05, 0) is 12.8 Å². The number of Topliss-reactive ketones (excluding diaryl/α,β-unsaturated/α-hetero) is 1. The number of hydrogen-bond acceptors (Lipinski definition) is 3. The number of nitrogens with one attached hydrogen (secondary N) is 1. The highest BCUT2D eigenvalue weighted by atomic mass is 16.2. The Balaban J connectivity index is 2.55. The van der Waals surface area contributed by atoms with Crippen LogP contribution in [0.25, 0.3) is 0 Å². The van der Waals surface area contributed by atoms with Crippen molar-refractivity contribution >= 4 is 17.6 Å². The van der Waals surface area contributed by atoms with Gasteiger partial charge in [0, 0.05) is 0 Å². The van der Waals surface area contributed by atoms with Gasteiger partial charge in [0.15, 0.2) is 5.78 Å². The first-order valence-corrected chi connectivity index (χ1v) is 5.22. The summed E-state index contributed by atoms with van der Waals surface area (Å²) in [7, 11) is 0. The minimum absolute atomic E-state index is 0.144. The average molecular weight is 209 g/mol. The largest absolute Gasteiger partial charge is 0.293 e. The molecule has 4 nitrogen and oxygen atoms in total. The SMILES string of the molecule is CCCCC/C=C1\C(=O)CC(=O)NC1=O. The summed E-state index contributed by atoms with van der Waals surface area (Å²) in [6.07, 6.45) is 5.30. The van der Waals surface area contributed by atoms with Gasteiger partial charge in [0.05, 0.1) is 12.0 Å². The molecule has 1 aliphatic heterocycles. The smallest absolute Gasteiger partial charge is 0.261 e. The summed E-state index contributed by atoms with van der Waals surface area (Å²) in [5.41, 5.74) is 0.144. The van der Waals surface area contributed by atoms with Gasteiger partial charge in [0.1, 0.15) is 0 Å². The topological polar surface area (TPSA) is 63.2 Å². The number of piperidine rings is 1. The number of amides is 2. The monoisotopic (exact) mass is 209 g/mol. The van der Waals surface area contributed by atoms with Crippen LogP contribution in [0.4, 0.5) is 0 Å². The van der Waals surface area contributed by atoms with Crippen LogP contribution in [-0.2, 0) is 14.4 Å². The fourth-order valence-electron chi connectivity index (χ4n) is 1.45. The Morgan fingerprint density at radius 2 is 2.00 bits per heavy atom. The molecule has 1 N–H and O–H groups in total. The number of rotatable bonds is 4. The Kier molecular flexibility index (Phi) is 4.21. The summed E-state index contributed by atoms with van der Waals surface area (Å²) in [5.74, 6) is -1.41. The van der Waals surface area contributed by atoms with Crippen molar-refractivity contribution in [3.05, 3.63) is 11.6 Å². The molecule has 0 aromatic heterocycles. The first-order chi connectivity index (χ1) is 7.15. The van der Waals surface area contributed by atoms with E-state index in [-0.39, 0.29) is 17.8 Å². The summed E-state index contributed by atoms with van der Waals surface area (Å²) in [6.45, 7) is 2.09. The van der Waals surface area contributed by atoms with Crippen molar-refractivity contribution < 1.29 is 14.4 Å². The van der Waals surface area contributed by atoms with Crippen molar-refractivity contribution in [1.82, 2.24) is 5.32 Å². The van der Waals surface area contributed by atoms with Gasteiger partial charge in [-0.3, -0.25) is 19.7 Å². The molecule has 82 valence electrons. The molecule has 0 spiro atoms. The van der Waals surface area contributed by atoms with Crippen LogP contribution in [-0.4, -0.2) is 17.6 Å². The molecule has 1 fully saturated rings. The summed E-state index contributed by atoms with van der Waals surface area (Å²) < 4.78 is 0. The standard InChI is InChI=1S/C11H15NO3/c1-2-3-4-5-6-8-9(13)7-10(14)12-11(8)15/h6H,2-5,7H2,1H3,(H,12,14,15)/b8-6+. The van der Waals surface area contributed by atoms with Gasteiger partial charge in [-0.25, -0.2) is 0 Å². The van der Waals surface area contributed by atoms with Crippen LogP contribution in [0.5, 0.6) is 0 Å². The first kappa shape index (κ1) is 11.6. The predicted molar refractivity (Wildman–Crippen MR) is 55.0 cm³/mol. The Labute approximate surface area is 88.7 Å². The van der Waals surface area contributed by atoms with Gasteiger partial charge in [0.2, 0.25) is 5.91 Å². The highest BCUT2D eigenvalue weighted by molar-refractivity contribution is 6.30. The van der Waals surface area contributed by atoms with E-state index in [1.165, 1.54) is 0 Å². The molecule has 0 saturated carbocycles. The maximum absolute atomic E-state index is 11.3. The van der Waals surface area contributed by atoms with E-state index in [0.29, 0.717) is 0 Å². The van der Waals surface area contributed by atoms with Gasteiger partial charge in [0.25, 0.3) is 5.91 Å². The lowest BCUT2D eigenvalue weighted by atomic mass is 10.0. The van der Waals surface area contributed by atoms with E-state index in [1.807, 2.05) is 0 Å². The lowest BCUT2D eigenvalue weighted by Crippen LogP contribution is -2.40. The number of carbonyl (C=O) groups is 3. The third-order valence-electron chi connectivity index (χ3n) is 2.28. The highest BCUT2D eigenvalue weighted by Gasteiger charge is 2.27. The van der Waals surface area contributed by atoms with Crippen LogP contribution < -0.4 is 5.32 Å². The van der Waals surface area contributed by atoms with Gasteiger partial charge in [-0.2, -0.15) is 0 Å². The molecule has 1 rings (SSSR count). The van der Waals surface area contributed by atoms with Crippen LogP contribution in [0.1, 0.15) is 39.0 Å². The average Bonchev–Trinajstić information content (AvgIpc) is 2.15. The molecule has 0 unspecified atom stereocenters. The molecule has 0 aromatic rings. The van der Waals surface area contributed by atoms with Crippen LogP contribution in [0.15, 0.2) is 11.6 Å². The second-order valence-electron chi connectivity index (χ2n) is 3.59. The van der Waals surface area contributed by atoms with Gasteiger partial charge >= 0.3 is 0 Å². The van der Waals surface area contributed by atoms with E-state index in [1.54, 1.807) is 6.08 Å². The number of hydrogen-bond donors (Lipinski definition) is 1. The van der Waals surface area contributed by atoms with E-state index >= 15 is 0 Å². The zero-order valence-electron chi connectivity index (χ0n) is 8.84. The third kappa shape index (κ3) is 3.31. The zero-order chi connectivity index (χ0) is 11.3. The number of imide groups is 1. The normalized spacial score (nSPS) is 19.5. The third-order valence-corrected chi connectivity index (χ3v) is 2.28. The van der Waals surface area contributed by atoms with Crippen LogP contribution in [0.2, 0.25) is 0 Å². The lowest BCUT2D eigenvalue weighted by Gasteiger charge is -2.12. The predicted octanol–water partition coefficient (Wildman–Crippen LogP) is 1.11. The molecule has 0 aromatic carbocycles. The molecule has 2 amide bonds. The maximum atomic E-state index is 11.3. The van der Waals surface area contributed by atoms with E-state index in [2.05, 4.69) is 12.2 Å². The fourth-order valence-corrected chi connectivity index (χ4v) is 1.45. The lowest BCUT2D eigenvalue weighted by molar-refractivity contribution is -0.134. The van der Waals surface area contributed by atoms with Gasteiger partial charge in [-0.1, -0.05) is 25.8 Å². The van der Waals surface area contributed by atoms with E-state index in [9.17, 15) is 14.4 Å². The van der Waals surface area contributed by atoms with E-state index in [0.717, 1.165) is 25.7 Å². The van der Waals surface area contributed by atoms with Crippen molar-refractivity contribution in [3.63, 3.8) is 0 Å². The minimum Gasteiger partial charge on any atom is -0.293 e. The number of carbonyl (C=O) groups excluding carboxylic acids is 3. The van der Waals surface area contributed by atoms with Crippen LogP contribution in [0, 0.1) is 0 Å². The molecule has 1 heterocycles. The van der Waals surface area contributed by atoms with Crippen molar-refractivity contribution in [1.29, 1.82) is 0 Å². The van der Waals surface area contributed by atoms with E-state index in [4.69, 9.17) is 0 Å². The van der Waals surface area contributed by atoms with Gasteiger partial charge in [-0.15, -0.1) is 0 Å². The number of unbranched alkanes of at least 4 members (excludes halogenated alkanes) is 3. The van der Waals surface area contributed by atoms with Crippen LogP contribution >= 0.6 is 0 Å². The van der Waals surface area contributed by atoms with E-state index < -0.39 is 11.8 Å². The molecule has 0 atom stereocenters. The molecule has 0 aliphatic carbocycles. The summed E-state index contributed by atoms with van der Waals surface area (Å²) in [5, 5.41) is 2.13. The quantitative estimate of drug-likeness (QED) is 0.248. The summed E-state index contributed by atoms with van der Waals surface area (Å²) in [6, 6.07) is 0. The second kappa shape index (κ2) is 5.44. The first-order valence-electron chi connectivity index (χ1n) is 5.22. The van der Waals surface area contributed by atoms with Crippen molar-refractivity contribution in [2.24, 2.45) is 0 Å². The second-order valence-corrected chi connectivity index (χ2v) is 3.59. The maximum Gasteiger partial charge on any atom is 0.261 e. The Hall–Kier alpha value is -1.45. The molecule has 4 heteroatoms. The Bertz CT molecular complexity index is 296. The Morgan fingerprint density at radius 1 is 1.27 bits per heavy atom. The van der Waals surface area contributed by atoms with Crippen LogP contribution in [0.3, 0.4) is 0 Å². The molecule has 0 bridgehead atoms. The van der Waals surface area contributed by atoms with Gasteiger partial charge < -0.3 is 0 Å². The molecular weight excluding hydrogens is 194 g/mol.